The van der Waals surface area contributed by atoms with Gasteiger partial charge in [0.25, 0.3) is 5.91 Å². The zero-order chi connectivity index (χ0) is 21.0. The van der Waals surface area contributed by atoms with E-state index in [9.17, 15) is 18.0 Å². The molecule has 1 amide bonds. The van der Waals surface area contributed by atoms with Gasteiger partial charge < -0.3 is 20.2 Å². The number of pyridine rings is 1. The van der Waals surface area contributed by atoms with E-state index < -0.39 is 23.5 Å². The highest BCUT2D eigenvalue weighted by molar-refractivity contribution is 6.04. The van der Waals surface area contributed by atoms with Gasteiger partial charge in [0.1, 0.15) is 5.82 Å². The zero-order valence-corrected chi connectivity index (χ0v) is 15.2. The quantitative estimate of drug-likeness (QED) is 0.576. The van der Waals surface area contributed by atoms with Crippen molar-refractivity contribution in [3.05, 3.63) is 60.1 Å². The fourth-order valence-corrected chi connectivity index (χ4v) is 2.41. The van der Waals surface area contributed by atoms with Gasteiger partial charge in [-0.25, -0.2) is 9.97 Å². The summed E-state index contributed by atoms with van der Waals surface area (Å²) in [5.41, 5.74) is -0.380. The number of carbonyl (C=O) groups is 1. The molecule has 0 aliphatic rings. The van der Waals surface area contributed by atoms with Gasteiger partial charge in [0.15, 0.2) is 5.69 Å². The van der Waals surface area contributed by atoms with Crippen LogP contribution in [0.25, 0.3) is 11.5 Å². The molecule has 0 unspecified atom stereocenters. The van der Waals surface area contributed by atoms with E-state index in [0.717, 1.165) is 0 Å². The standard InChI is InChI=1S/C19H17F3N4O3/c1-11(10-27)24-14-8-7-13(9-23-14)25-17(28)15-16(19(20,21)22)29-18(26-15)12-5-3-2-4-6-12/h2-9,11,27H,10H2,1H3,(H,23,24)(H,25,28)/t11-/m0/s1. The third kappa shape index (κ3) is 4.91. The molecule has 0 saturated carbocycles. The van der Waals surface area contributed by atoms with E-state index in [-0.39, 0.29) is 24.2 Å². The Kier molecular flexibility index (Phi) is 5.83. The van der Waals surface area contributed by atoms with E-state index in [1.165, 1.54) is 30.5 Å². The number of benzene rings is 1. The Morgan fingerprint density at radius 1 is 1.21 bits per heavy atom. The van der Waals surface area contributed by atoms with Crippen molar-refractivity contribution in [1.82, 2.24) is 9.97 Å². The van der Waals surface area contributed by atoms with Crippen LogP contribution in [0.2, 0.25) is 0 Å². The predicted octanol–water partition coefficient (Wildman–Crippen LogP) is 3.80. The van der Waals surface area contributed by atoms with Crippen molar-refractivity contribution in [2.24, 2.45) is 0 Å². The number of oxazole rings is 1. The number of hydrogen-bond acceptors (Lipinski definition) is 6. The molecule has 1 aromatic carbocycles. The molecule has 2 aromatic heterocycles. The molecule has 0 bridgehead atoms. The summed E-state index contributed by atoms with van der Waals surface area (Å²) in [6, 6.07) is 10.7. The van der Waals surface area contributed by atoms with E-state index >= 15 is 0 Å². The van der Waals surface area contributed by atoms with Crippen LogP contribution in [0.1, 0.15) is 23.2 Å². The first-order valence-corrected chi connectivity index (χ1v) is 8.56. The highest BCUT2D eigenvalue weighted by Crippen LogP contribution is 2.35. The largest absolute Gasteiger partial charge is 0.452 e. The smallest absolute Gasteiger partial charge is 0.431 e. The summed E-state index contributed by atoms with van der Waals surface area (Å²) in [7, 11) is 0. The normalized spacial score (nSPS) is 12.4. The molecule has 3 N–H and O–H groups in total. The lowest BCUT2D eigenvalue weighted by molar-refractivity contribution is -0.153. The van der Waals surface area contributed by atoms with Crippen molar-refractivity contribution < 1.29 is 27.5 Å². The van der Waals surface area contributed by atoms with Crippen molar-refractivity contribution in [3.8, 4) is 11.5 Å². The van der Waals surface area contributed by atoms with Gasteiger partial charge in [-0.3, -0.25) is 4.79 Å². The van der Waals surface area contributed by atoms with E-state index in [1.54, 1.807) is 25.1 Å². The molecule has 0 aliphatic heterocycles. The summed E-state index contributed by atoms with van der Waals surface area (Å²) in [5, 5.41) is 14.2. The van der Waals surface area contributed by atoms with E-state index in [2.05, 4.69) is 20.6 Å². The number of rotatable bonds is 6. The fraction of sp³-hybridized carbons (Fsp3) is 0.211. The summed E-state index contributed by atoms with van der Waals surface area (Å²) in [6.07, 6.45) is -3.62. The molecule has 2 heterocycles. The summed E-state index contributed by atoms with van der Waals surface area (Å²) in [4.78, 5) is 20.2. The van der Waals surface area contributed by atoms with Crippen LogP contribution < -0.4 is 10.6 Å². The van der Waals surface area contributed by atoms with Gasteiger partial charge in [-0.15, -0.1) is 0 Å². The number of nitrogens with one attached hydrogen (secondary N) is 2. The molecular formula is C19H17F3N4O3. The number of anilines is 2. The maximum absolute atomic E-state index is 13.3. The maximum Gasteiger partial charge on any atom is 0.452 e. The fourth-order valence-electron chi connectivity index (χ4n) is 2.41. The molecule has 7 nitrogen and oxygen atoms in total. The summed E-state index contributed by atoms with van der Waals surface area (Å²) >= 11 is 0. The monoisotopic (exact) mass is 406 g/mol. The highest BCUT2D eigenvalue weighted by atomic mass is 19.4. The molecule has 10 heteroatoms. The molecule has 0 fully saturated rings. The number of halogens is 3. The van der Waals surface area contributed by atoms with Crippen LogP contribution in [-0.2, 0) is 6.18 Å². The van der Waals surface area contributed by atoms with E-state index in [0.29, 0.717) is 11.4 Å². The van der Waals surface area contributed by atoms with E-state index in [1.807, 2.05) is 0 Å². The van der Waals surface area contributed by atoms with Crippen LogP contribution in [0.3, 0.4) is 0 Å². The van der Waals surface area contributed by atoms with Gasteiger partial charge in [-0.05, 0) is 31.2 Å². The lowest BCUT2D eigenvalue weighted by Gasteiger charge is -2.11. The van der Waals surface area contributed by atoms with Gasteiger partial charge in [-0.1, -0.05) is 18.2 Å². The average molecular weight is 406 g/mol. The first kappa shape index (κ1) is 20.3. The van der Waals surface area contributed by atoms with Crippen LogP contribution in [0, 0.1) is 0 Å². The summed E-state index contributed by atoms with van der Waals surface area (Å²) in [5.74, 6) is -2.42. The van der Waals surface area contributed by atoms with Gasteiger partial charge in [0, 0.05) is 11.6 Å². The number of aliphatic hydroxyl groups excluding tert-OH is 1. The molecule has 0 saturated heterocycles. The Morgan fingerprint density at radius 2 is 1.93 bits per heavy atom. The second-order valence-corrected chi connectivity index (χ2v) is 6.17. The lowest BCUT2D eigenvalue weighted by Crippen LogP contribution is -2.20. The summed E-state index contributed by atoms with van der Waals surface area (Å²) in [6.45, 7) is 1.64. The van der Waals surface area contributed by atoms with Crippen LogP contribution in [0.4, 0.5) is 24.7 Å². The summed E-state index contributed by atoms with van der Waals surface area (Å²) < 4.78 is 44.8. The highest BCUT2D eigenvalue weighted by Gasteiger charge is 2.42. The average Bonchev–Trinajstić information content (AvgIpc) is 3.16. The number of nitrogens with zero attached hydrogens (tertiary/aromatic N) is 2. The third-order valence-electron chi connectivity index (χ3n) is 3.81. The van der Waals surface area contributed by atoms with Gasteiger partial charge >= 0.3 is 6.18 Å². The number of carbonyl (C=O) groups excluding carboxylic acids is 1. The molecule has 0 spiro atoms. The second kappa shape index (κ2) is 8.31. The lowest BCUT2D eigenvalue weighted by atomic mass is 10.2. The molecule has 3 rings (SSSR count). The van der Waals surface area contributed by atoms with Gasteiger partial charge in [0.05, 0.1) is 18.5 Å². The molecule has 0 radical (unpaired) electrons. The van der Waals surface area contributed by atoms with Crippen LogP contribution >= 0.6 is 0 Å². The number of hydrogen-bond donors (Lipinski definition) is 3. The number of aromatic nitrogens is 2. The zero-order valence-electron chi connectivity index (χ0n) is 15.2. The third-order valence-corrected chi connectivity index (χ3v) is 3.81. The number of aliphatic hydroxyl groups is 1. The minimum absolute atomic E-state index is 0.101. The maximum atomic E-state index is 13.3. The first-order chi connectivity index (χ1) is 13.8. The molecule has 29 heavy (non-hydrogen) atoms. The predicted molar refractivity (Wildman–Crippen MR) is 99.3 cm³/mol. The molecular weight excluding hydrogens is 389 g/mol. The van der Waals surface area contributed by atoms with Crippen LogP contribution in [-0.4, -0.2) is 33.6 Å². The van der Waals surface area contributed by atoms with Crippen molar-refractivity contribution in [1.29, 1.82) is 0 Å². The van der Waals surface area contributed by atoms with E-state index in [4.69, 9.17) is 9.52 Å². The minimum atomic E-state index is -4.89. The second-order valence-electron chi connectivity index (χ2n) is 6.17. The van der Waals surface area contributed by atoms with Crippen LogP contribution in [0.15, 0.2) is 53.1 Å². The molecule has 1 atom stereocenters. The van der Waals surface area contributed by atoms with Crippen molar-refractivity contribution in [2.45, 2.75) is 19.1 Å². The Labute approximate surface area is 163 Å². The Bertz CT molecular complexity index is 973. The number of amides is 1. The Balaban J connectivity index is 1.84. The molecule has 0 aliphatic carbocycles. The first-order valence-electron chi connectivity index (χ1n) is 8.56. The van der Waals surface area contributed by atoms with Gasteiger partial charge in [0.2, 0.25) is 11.7 Å². The molecule has 152 valence electrons. The topological polar surface area (TPSA) is 100 Å². The van der Waals surface area contributed by atoms with Crippen molar-refractivity contribution in [2.75, 3.05) is 17.2 Å². The van der Waals surface area contributed by atoms with Crippen molar-refractivity contribution >= 4 is 17.4 Å². The van der Waals surface area contributed by atoms with Gasteiger partial charge in [-0.2, -0.15) is 13.2 Å². The van der Waals surface area contributed by atoms with Crippen molar-refractivity contribution in [3.63, 3.8) is 0 Å². The molecule has 3 aromatic rings. The van der Waals surface area contributed by atoms with Crippen LogP contribution in [0.5, 0.6) is 0 Å². The SMILES string of the molecule is C[C@@H](CO)Nc1ccc(NC(=O)c2nc(-c3ccccc3)oc2C(F)(F)F)cn1. The Hall–Kier alpha value is -3.40. The minimum Gasteiger partial charge on any atom is -0.431 e. The Morgan fingerprint density at radius 3 is 2.52 bits per heavy atom. The number of alkyl halides is 3.